The van der Waals surface area contributed by atoms with E-state index in [1.807, 2.05) is 0 Å². The second kappa shape index (κ2) is 5.83. The summed E-state index contributed by atoms with van der Waals surface area (Å²) in [4.78, 5) is 0. The molecule has 2 rings (SSSR count). The molecule has 0 heterocycles. The van der Waals surface area contributed by atoms with Crippen molar-refractivity contribution in [2.75, 3.05) is 0 Å². The summed E-state index contributed by atoms with van der Waals surface area (Å²) in [5.74, 6) is 0. The van der Waals surface area contributed by atoms with Crippen LogP contribution in [0.3, 0.4) is 0 Å². The van der Waals surface area contributed by atoms with Gasteiger partial charge in [0.1, 0.15) is 0 Å². The Balaban J connectivity index is 2.47. The Bertz CT molecular complexity index is 659. The third-order valence-electron chi connectivity index (χ3n) is 3.30. The Hall–Kier alpha value is -1.54. The maximum atomic E-state index is 12.8. The summed E-state index contributed by atoms with van der Waals surface area (Å²) in [5, 5.41) is 9.30. The minimum Gasteiger partial charge on any atom is -0.369 e. The van der Waals surface area contributed by atoms with Gasteiger partial charge in [-0.1, -0.05) is 52.3 Å². The van der Waals surface area contributed by atoms with E-state index < -0.39 is 23.5 Å². The molecule has 0 unspecified atom stereocenters. The van der Waals surface area contributed by atoms with Crippen LogP contribution in [0.15, 0.2) is 53.0 Å². The van der Waals surface area contributed by atoms with Gasteiger partial charge in [-0.3, -0.25) is 0 Å². The number of hydrogen-bond donors (Lipinski definition) is 1. The van der Waals surface area contributed by atoms with Crippen molar-refractivity contribution in [1.29, 1.82) is 0 Å². The van der Waals surface area contributed by atoms with E-state index in [4.69, 9.17) is 0 Å². The molecule has 2 aromatic carbocycles. The van der Waals surface area contributed by atoms with Gasteiger partial charge >= 0.3 is 12.4 Å². The number of halogens is 7. The molecule has 0 spiro atoms. The Morgan fingerprint density at radius 1 is 0.652 bits per heavy atom. The van der Waals surface area contributed by atoms with Gasteiger partial charge in [0.05, 0.1) is 0 Å². The van der Waals surface area contributed by atoms with E-state index in [9.17, 15) is 31.4 Å². The largest absolute Gasteiger partial charge is 0.430 e. The number of alkyl halides is 6. The van der Waals surface area contributed by atoms with Crippen molar-refractivity contribution in [2.24, 2.45) is 0 Å². The highest BCUT2D eigenvalue weighted by molar-refractivity contribution is 9.10. The lowest BCUT2D eigenvalue weighted by atomic mass is 9.91. The third kappa shape index (κ3) is 3.23. The highest BCUT2D eigenvalue weighted by atomic mass is 79.9. The molecule has 1 nitrogen and oxygen atoms in total. The molecule has 0 amide bonds. The van der Waals surface area contributed by atoms with Crippen LogP contribution in [-0.2, 0) is 5.60 Å². The topological polar surface area (TPSA) is 20.2 Å². The Morgan fingerprint density at radius 2 is 1.00 bits per heavy atom. The molecule has 124 valence electrons. The van der Waals surface area contributed by atoms with Crippen molar-refractivity contribution < 1.29 is 31.4 Å². The monoisotopic (exact) mass is 398 g/mol. The zero-order valence-electron chi connectivity index (χ0n) is 11.2. The van der Waals surface area contributed by atoms with Gasteiger partial charge in [-0.2, -0.15) is 26.3 Å². The Kier molecular flexibility index (Phi) is 4.51. The molecular formula is C15H9BrF6O. The quantitative estimate of drug-likeness (QED) is 0.668. The molecule has 0 radical (unpaired) electrons. The van der Waals surface area contributed by atoms with Gasteiger partial charge in [0.25, 0.3) is 5.60 Å². The lowest BCUT2D eigenvalue weighted by Gasteiger charge is -2.32. The molecule has 23 heavy (non-hydrogen) atoms. The summed E-state index contributed by atoms with van der Waals surface area (Å²) < 4.78 is 77.5. The van der Waals surface area contributed by atoms with Gasteiger partial charge < -0.3 is 5.11 Å². The summed E-state index contributed by atoms with van der Waals surface area (Å²) in [6.45, 7) is 0. The summed E-state index contributed by atoms with van der Waals surface area (Å²) in [6, 6.07) is 10.1. The molecule has 0 saturated heterocycles. The number of hydrogen-bond acceptors (Lipinski definition) is 1. The van der Waals surface area contributed by atoms with E-state index in [2.05, 4.69) is 15.9 Å². The maximum absolute atomic E-state index is 12.8. The second-order valence-electron chi connectivity index (χ2n) is 4.79. The molecule has 0 aliphatic heterocycles. The van der Waals surface area contributed by atoms with Crippen molar-refractivity contribution in [2.45, 2.75) is 18.0 Å². The van der Waals surface area contributed by atoms with Crippen LogP contribution in [0.1, 0.15) is 5.56 Å². The number of aliphatic hydroxyl groups is 1. The fraction of sp³-hybridized carbons (Fsp3) is 0.200. The van der Waals surface area contributed by atoms with Crippen LogP contribution in [0.4, 0.5) is 26.3 Å². The maximum Gasteiger partial charge on any atom is 0.430 e. The van der Waals surface area contributed by atoms with Crippen molar-refractivity contribution in [3.8, 4) is 11.1 Å². The SMILES string of the molecule is OC(c1ccc(-c2ccc(Br)cc2)cc1)(C(F)(F)F)C(F)(F)F. The van der Waals surface area contributed by atoms with E-state index in [1.165, 1.54) is 0 Å². The van der Waals surface area contributed by atoms with Gasteiger partial charge in [-0.05, 0) is 23.3 Å². The van der Waals surface area contributed by atoms with Crippen LogP contribution < -0.4 is 0 Å². The van der Waals surface area contributed by atoms with Crippen molar-refractivity contribution in [3.63, 3.8) is 0 Å². The summed E-state index contributed by atoms with van der Waals surface area (Å²) in [5.41, 5.74) is -5.15. The zero-order chi connectivity index (χ0) is 17.5. The standard InChI is InChI=1S/C15H9BrF6O/c16-12-7-3-10(4-8-12)9-1-5-11(6-2-9)13(23,14(17,18)19)15(20,21)22/h1-8,23H. The van der Waals surface area contributed by atoms with Gasteiger partial charge in [-0.15, -0.1) is 0 Å². The molecule has 8 heteroatoms. The number of rotatable bonds is 2. The molecule has 2 aromatic rings. The summed E-state index contributed by atoms with van der Waals surface area (Å²) >= 11 is 3.22. The molecule has 0 saturated carbocycles. The van der Waals surface area contributed by atoms with Crippen LogP contribution in [0, 0.1) is 0 Å². The zero-order valence-corrected chi connectivity index (χ0v) is 12.8. The van der Waals surface area contributed by atoms with Crippen LogP contribution in [0.25, 0.3) is 11.1 Å². The highest BCUT2D eigenvalue weighted by Gasteiger charge is 2.71. The van der Waals surface area contributed by atoms with E-state index in [0.29, 0.717) is 23.3 Å². The van der Waals surface area contributed by atoms with Gasteiger partial charge in [0.15, 0.2) is 0 Å². The minimum absolute atomic E-state index is 0.424. The van der Waals surface area contributed by atoms with Gasteiger partial charge in [0, 0.05) is 10.0 Å². The first-order valence-corrected chi connectivity index (χ1v) is 6.98. The summed E-state index contributed by atoms with van der Waals surface area (Å²) in [7, 11) is 0. The van der Waals surface area contributed by atoms with Crippen LogP contribution in [0.5, 0.6) is 0 Å². The molecule has 0 aliphatic carbocycles. The smallest absolute Gasteiger partial charge is 0.369 e. The van der Waals surface area contributed by atoms with E-state index in [0.717, 1.165) is 16.6 Å². The van der Waals surface area contributed by atoms with Gasteiger partial charge in [-0.25, -0.2) is 0 Å². The van der Waals surface area contributed by atoms with E-state index in [-0.39, 0.29) is 0 Å². The van der Waals surface area contributed by atoms with E-state index >= 15 is 0 Å². The molecule has 0 fully saturated rings. The first-order chi connectivity index (χ1) is 10.5. The van der Waals surface area contributed by atoms with Crippen LogP contribution in [-0.4, -0.2) is 17.5 Å². The molecule has 0 bridgehead atoms. The average molecular weight is 399 g/mol. The third-order valence-corrected chi connectivity index (χ3v) is 3.83. The fourth-order valence-electron chi connectivity index (χ4n) is 2.03. The average Bonchev–Trinajstić information content (AvgIpc) is 2.45. The molecular weight excluding hydrogens is 390 g/mol. The van der Waals surface area contributed by atoms with Crippen LogP contribution >= 0.6 is 15.9 Å². The van der Waals surface area contributed by atoms with Crippen molar-refractivity contribution >= 4 is 15.9 Å². The number of benzene rings is 2. The minimum atomic E-state index is -5.88. The Morgan fingerprint density at radius 3 is 1.35 bits per heavy atom. The molecule has 1 N–H and O–H groups in total. The fourth-order valence-corrected chi connectivity index (χ4v) is 2.30. The molecule has 0 aromatic heterocycles. The second-order valence-corrected chi connectivity index (χ2v) is 5.71. The van der Waals surface area contributed by atoms with Gasteiger partial charge in [0.2, 0.25) is 0 Å². The highest BCUT2D eigenvalue weighted by Crippen LogP contribution is 2.50. The Labute approximate surface area is 135 Å². The normalized spacial score (nSPS) is 13.2. The predicted octanol–water partition coefficient (Wildman–Crippen LogP) is 5.43. The first-order valence-electron chi connectivity index (χ1n) is 6.19. The molecule has 0 atom stereocenters. The molecule has 0 aliphatic rings. The lowest BCUT2D eigenvalue weighted by molar-refractivity contribution is -0.376. The van der Waals surface area contributed by atoms with Crippen LogP contribution in [0.2, 0.25) is 0 Å². The lowest BCUT2D eigenvalue weighted by Crippen LogP contribution is -2.53. The van der Waals surface area contributed by atoms with Crippen molar-refractivity contribution in [3.05, 3.63) is 58.6 Å². The van der Waals surface area contributed by atoms with E-state index in [1.54, 1.807) is 24.3 Å². The predicted molar refractivity (Wildman–Crippen MR) is 75.6 cm³/mol. The summed E-state index contributed by atoms with van der Waals surface area (Å²) in [6.07, 6.45) is -11.8. The van der Waals surface area contributed by atoms with Crippen molar-refractivity contribution in [1.82, 2.24) is 0 Å². The first kappa shape index (κ1) is 17.8.